The number of hydrogen-bond donors (Lipinski definition) is 0. The Kier molecular flexibility index (Phi) is 6.69. The van der Waals surface area contributed by atoms with Crippen LogP contribution >= 0.6 is 0 Å². The van der Waals surface area contributed by atoms with E-state index in [1.54, 1.807) is 0 Å². The van der Waals surface area contributed by atoms with Crippen molar-refractivity contribution in [2.45, 2.75) is 45.4 Å². The normalized spacial score (nSPS) is 21.2. The molecule has 0 unspecified atom stereocenters. The number of carbonyl (C=O) groups excluding carboxylic acids is 2. The third kappa shape index (κ3) is 4.68. The molecule has 3 aliphatic rings. The van der Waals surface area contributed by atoms with Gasteiger partial charge in [0, 0.05) is 45.2 Å². The highest BCUT2D eigenvalue weighted by atomic mass is 16.5. The van der Waals surface area contributed by atoms with E-state index in [4.69, 9.17) is 4.74 Å². The Morgan fingerprint density at radius 2 is 1.40 bits per heavy atom. The maximum Gasteiger partial charge on any atom is 0.309 e. The molecule has 3 saturated heterocycles. The lowest BCUT2D eigenvalue weighted by Crippen LogP contribution is -2.46. The Bertz CT molecular complexity index is 719. The van der Waals surface area contributed by atoms with Crippen LogP contribution in [0.4, 0.5) is 11.6 Å². The van der Waals surface area contributed by atoms with Crippen LogP contribution in [0.2, 0.25) is 0 Å². The van der Waals surface area contributed by atoms with E-state index < -0.39 is 0 Å². The summed E-state index contributed by atoms with van der Waals surface area (Å²) in [4.78, 5) is 31.3. The van der Waals surface area contributed by atoms with Crippen LogP contribution in [0.25, 0.3) is 0 Å². The zero-order valence-electron chi connectivity index (χ0n) is 18.0. The number of likely N-dealkylation sites (tertiary alicyclic amines) is 1. The third-order valence-corrected chi connectivity index (χ3v) is 6.66. The first-order chi connectivity index (χ1) is 14.7. The number of rotatable bonds is 5. The molecule has 0 bridgehead atoms. The number of amides is 1. The van der Waals surface area contributed by atoms with Gasteiger partial charge in [0.05, 0.1) is 12.5 Å². The SMILES string of the molecule is CCOC(=O)C1CCN(C(=O)C2CCN(c3ccc(N4CCCC4)nn3)CC2)CC1. The van der Waals surface area contributed by atoms with Crippen molar-refractivity contribution in [2.24, 2.45) is 11.8 Å². The molecule has 0 aromatic carbocycles. The van der Waals surface area contributed by atoms with Crippen LogP contribution in [-0.2, 0) is 14.3 Å². The Balaban J connectivity index is 1.24. The number of aromatic nitrogens is 2. The first-order valence-corrected chi connectivity index (χ1v) is 11.4. The van der Waals surface area contributed by atoms with E-state index in [-0.39, 0.29) is 23.7 Å². The average Bonchev–Trinajstić information content (AvgIpc) is 3.34. The van der Waals surface area contributed by atoms with Gasteiger partial charge in [-0.3, -0.25) is 9.59 Å². The standard InChI is InChI=1S/C22H33N5O3/c1-2-30-22(29)18-9-15-27(16-10-18)21(28)17-7-13-26(14-8-17)20-6-5-19(23-24-20)25-11-3-4-12-25/h5-6,17-18H,2-4,7-16H2,1H3. The minimum Gasteiger partial charge on any atom is -0.466 e. The average molecular weight is 416 g/mol. The molecular weight excluding hydrogens is 382 g/mol. The molecule has 0 N–H and O–H groups in total. The molecule has 3 fully saturated rings. The maximum atomic E-state index is 12.9. The molecule has 1 aromatic rings. The molecule has 1 amide bonds. The molecule has 0 aliphatic carbocycles. The third-order valence-electron chi connectivity index (χ3n) is 6.66. The molecule has 0 saturated carbocycles. The molecular formula is C22H33N5O3. The van der Waals surface area contributed by atoms with Gasteiger partial charge in [-0.2, -0.15) is 0 Å². The molecule has 0 radical (unpaired) electrons. The van der Waals surface area contributed by atoms with Crippen molar-refractivity contribution in [3.8, 4) is 0 Å². The Morgan fingerprint density at radius 3 is 1.93 bits per heavy atom. The van der Waals surface area contributed by atoms with Crippen LogP contribution in [0.5, 0.6) is 0 Å². The summed E-state index contributed by atoms with van der Waals surface area (Å²) in [6.07, 6.45) is 5.56. The summed E-state index contributed by atoms with van der Waals surface area (Å²) in [5.74, 6) is 2.00. The van der Waals surface area contributed by atoms with Crippen molar-refractivity contribution >= 4 is 23.5 Å². The highest BCUT2D eigenvalue weighted by Crippen LogP contribution is 2.27. The fourth-order valence-corrected chi connectivity index (χ4v) is 4.81. The summed E-state index contributed by atoms with van der Waals surface area (Å²) in [6, 6.07) is 4.13. The van der Waals surface area contributed by atoms with E-state index in [1.165, 1.54) is 12.8 Å². The van der Waals surface area contributed by atoms with Crippen molar-refractivity contribution in [2.75, 3.05) is 55.7 Å². The predicted octanol–water partition coefficient (Wildman–Crippen LogP) is 2.09. The molecule has 164 valence electrons. The molecule has 4 heterocycles. The van der Waals surface area contributed by atoms with Gasteiger partial charge in [0.2, 0.25) is 5.91 Å². The van der Waals surface area contributed by atoms with Gasteiger partial charge in [0.15, 0.2) is 11.6 Å². The quantitative estimate of drug-likeness (QED) is 0.682. The summed E-state index contributed by atoms with van der Waals surface area (Å²) in [5.41, 5.74) is 0. The molecule has 1 aromatic heterocycles. The van der Waals surface area contributed by atoms with Gasteiger partial charge < -0.3 is 19.4 Å². The van der Waals surface area contributed by atoms with Gasteiger partial charge in [-0.25, -0.2) is 0 Å². The second-order valence-electron chi connectivity index (χ2n) is 8.56. The number of carbonyl (C=O) groups is 2. The summed E-state index contributed by atoms with van der Waals surface area (Å²) in [7, 11) is 0. The van der Waals surface area contributed by atoms with E-state index in [9.17, 15) is 9.59 Å². The van der Waals surface area contributed by atoms with E-state index >= 15 is 0 Å². The highest BCUT2D eigenvalue weighted by Gasteiger charge is 2.33. The van der Waals surface area contributed by atoms with E-state index in [0.29, 0.717) is 32.5 Å². The largest absolute Gasteiger partial charge is 0.466 e. The van der Waals surface area contributed by atoms with Crippen LogP contribution in [0, 0.1) is 11.8 Å². The van der Waals surface area contributed by atoms with Gasteiger partial charge in [0.1, 0.15) is 0 Å². The lowest BCUT2D eigenvalue weighted by molar-refractivity contribution is -0.151. The van der Waals surface area contributed by atoms with E-state index in [2.05, 4.69) is 32.1 Å². The molecule has 4 rings (SSSR count). The van der Waals surface area contributed by atoms with E-state index in [1.807, 2.05) is 11.8 Å². The van der Waals surface area contributed by atoms with Crippen LogP contribution in [0.15, 0.2) is 12.1 Å². The topological polar surface area (TPSA) is 78.9 Å². The lowest BCUT2D eigenvalue weighted by Gasteiger charge is -2.37. The highest BCUT2D eigenvalue weighted by molar-refractivity contribution is 5.80. The fourth-order valence-electron chi connectivity index (χ4n) is 4.81. The van der Waals surface area contributed by atoms with Gasteiger partial charge in [-0.05, 0) is 57.6 Å². The fraction of sp³-hybridized carbons (Fsp3) is 0.727. The van der Waals surface area contributed by atoms with Crippen LogP contribution in [-0.4, -0.2) is 72.8 Å². The molecule has 8 heteroatoms. The molecule has 30 heavy (non-hydrogen) atoms. The minimum atomic E-state index is -0.116. The number of piperidine rings is 2. The summed E-state index contributed by atoms with van der Waals surface area (Å²) < 4.78 is 5.12. The predicted molar refractivity (Wildman–Crippen MR) is 114 cm³/mol. The van der Waals surface area contributed by atoms with Crippen LogP contribution in [0.3, 0.4) is 0 Å². The molecule has 3 aliphatic heterocycles. The smallest absolute Gasteiger partial charge is 0.309 e. The first kappa shape index (κ1) is 20.9. The Morgan fingerprint density at radius 1 is 0.867 bits per heavy atom. The Labute approximate surface area is 178 Å². The van der Waals surface area contributed by atoms with Gasteiger partial charge in [0.25, 0.3) is 0 Å². The summed E-state index contributed by atoms with van der Waals surface area (Å²) in [6.45, 7) is 7.36. The number of hydrogen-bond acceptors (Lipinski definition) is 7. The van der Waals surface area contributed by atoms with Gasteiger partial charge >= 0.3 is 5.97 Å². The van der Waals surface area contributed by atoms with Crippen molar-refractivity contribution in [1.82, 2.24) is 15.1 Å². The molecule has 0 atom stereocenters. The number of ether oxygens (including phenoxy) is 1. The number of esters is 1. The van der Waals surface area contributed by atoms with Crippen LogP contribution in [0.1, 0.15) is 45.4 Å². The summed E-state index contributed by atoms with van der Waals surface area (Å²) in [5, 5.41) is 8.86. The second kappa shape index (κ2) is 9.62. The molecule has 0 spiro atoms. The zero-order chi connectivity index (χ0) is 20.9. The van der Waals surface area contributed by atoms with Gasteiger partial charge in [-0.15, -0.1) is 10.2 Å². The monoisotopic (exact) mass is 415 g/mol. The van der Waals surface area contributed by atoms with Gasteiger partial charge in [-0.1, -0.05) is 0 Å². The minimum absolute atomic E-state index is 0.0575. The lowest BCUT2D eigenvalue weighted by atomic mass is 9.92. The number of anilines is 2. The molecule has 8 nitrogen and oxygen atoms in total. The second-order valence-corrected chi connectivity index (χ2v) is 8.56. The van der Waals surface area contributed by atoms with Crippen molar-refractivity contribution in [3.05, 3.63) is 12.1 Å². The maximum absolute atomic E-state index is 12.9. The Hall–Kier alpha value is -2.38. The van der Waals surface area contributed by atoms with Crippen LogP contribution < -0.4 is 9.80 Å². The number of nitrogens with zero attached hydrogens (tertiary/aromatic N) is 5. The van der Waals surface area contributed by atoms with Crippen molar-refractivity contribution < 1.29 is 14.3 Å². The zero-order valence-corrected chi connectivity index (χ0v) is 18.0. The summed E-state index contributed by atoms with van der Waals surface area (Å²) >= 11 is 0. The van der Waals surface area contributed by atoms with E-state index in [0.717, 1.165) is 50.7 Å². The van der Waals surface area contributed by atoms with Crippen molar-refractivity contribution in [3.63, 3.8) is 0 Å². The van der Waals surface area contributed by atoms with Crippen molar-refractivity contribution in [1.29, 1.82) is 0 Å². The first-order valence-electron chi connectivity index (χ1n) is 11.4.